The van der Waals surface area contributed by atoms with Gasteiger partial charge in [-0.05, 0) is 20.8 Å². The second-order valence-electron chi connectivity index (χ2n) is 3.40. The molecule has 0 aliphatic carbocycles. The molecular formula is C9H13NO2S. The molecule has 4 heteroatoms. The van der Waals surface area contributed by atoms with Gasteiger partial charge in [0, 0.05) is 11.3 Å². The van der Waals surface area contributed by atoms with Gasteiger partial charge in [-0.15, -0.1) is 11.3 Å². The first kappa shape index (κ1) is 10.3. The molecule has 1 unspecified atom stereocenters. The summed E-state index contributed by atoms with van der Waals surface area (Å²) in [5.74, 6) is 0. The van der Waals surface area contributed by atoms with Crippen LogP contribution in [0.5, 0.6) is 0 Å². The predicted molar refractivity (Wildman–Crippen MR) is 52.0 cm³/mol. The van der Waals surface area contributed by atoms with Crippen molar-refractivity contribution < 1.29 is 9.90 Å². The Morgan fingerprint density at radius 3 is 2.62 bits per heavy atom. The van der Waals surface area contributed by atoms with Gasteiger partial charge >= 0.3 is 0 Å². The number of aliphatic hydroxyl groups is 1. The van der Waals surface area contributed by atoms with Gasteiger partial charge in [0.2, 0.25) is 0 Å². The van der Waals surface area contributed by atoms with E-state index < -0.39 is 5.60 Å². The van der Waals surface area contributed by atoms with Gasteiger partial charge in [0.15, 0.2) is 6.29 Å². The highest BCUT2D eigenvalue weighted by Crippen LogP contribution is 2.20. The van der Waals surface area contributed by atoms with Gasteiger partial charge in [-0.2, -0.15) is 0 Å². The molecule has 0 saturated heterocycles. The fourth-order valence-corrected chi connectivity index (χ4v) is 2.06. The van der Waals surface area contributed by atoms with Gasteiger partial charge in [0.05, 0.1) is 10.7 Å². The molecule has 0 aliphatic rings. The molecule has 0 spiro atoms. The van der Waals surface area contributed by atoms with Crippen molar-refractivity contribution in [1.82, 2.24) is 4.98 Å². The Morgan fingerprint density at radius 1 is 1.62 bits per heavy atom. The van der Waals surface area contributed by atoms with E-state index in [1.54, 1.807) is 0 Å². The lowest BCUT2D eigenvalue weighted by Crippen LogP contribution is -2.28. The van der Waals surface area contributed by atoms with Gasteiger partial charge in [-0.25, -0.2) is 4.98 Å². The Hall–Kier alpha value is -0.740. The minimum absolute atomic E-state index is 0.301. The molecule has 1 aromatic rings. The summed E-state index contributed by atoms with van der Waals surface area (Å²) in [5.41, 5.74) is -0.307. The number of aryl methyl sites for hydroxylation is 2. The summed E-state index contributed by atoms with van der Waals surface area (Å²) in [6.07, 6.45) is 0.856. The number of thiazole rings is 1. The number of carbonyl (C=O) groups excluding carboxylic acids is 1. The smallest absolute Gasteiger partial charge is 0.151 e. The Kier molecular flexibility index (Phi) is 2.83. The summed E-state index contributed by atoms with van der Waals surface area (Å²) in [6.45, 7) is 5.39. The number of aldehydes is 1. The maximum atomic E-state index is 10.4. The van der Waals surface area contributed by atoms with Crippen molar-refractivity contribution in [2.45, 2.75) is 32.8 Å². The number of rotatable bonds is 3. The van der Waals surface area contributed by atoms with Crippen LogP contribution in [0, 0.1) is 13.8 Å². The van der Waals surface area contributed by atoms with E-state index in [2.05, 4.69) is 4.98 Å². The van der Waals surface area contributed by atoms with Crippen LogP contribution in [-0.2, 0) is 11.2 Å². The zero-order valence-corrected chi connectivity index (χ0v) is 8.81. The van der Waals surface area contributed by atoms with Crippen molar-refractivity contribution in [3.05, 3.63) is 15.6 Å². The number of nitrogens with zero attached hydrogens (tertiary/aromatic N) is 1. The summed E-state index contributed by atoms with van der Waals surface area (Å²) in [5, 5.41) is 10.3. The third kappa shape index (κ3) is 2.60. The fraction of sp³-hybridized carbons (Fsp3) is 0.556. The SMILES string of the molecule is Cc1nc(CC(C)(O)C=O)sc1C. The van der Waals surface area contributed by atoms with Crippen LogP contribution in [0.4, 0.5) is 0 Å². The van der Waals surface area contributed by atoms with E-state index in [9.17, 15) is 9.90 Å². The van der Waals surface area contributed by atoms with E-state index in [-0.39, 0.29) is 0 Å². The largest absolute Gasteiger partial charge is 0.382 e. The second-order valence-corrected chi connectivity index (χ2v) is 4.69. The summed E-state index contributed by atoms with van der Waals surface area (Å²) in [7, 11) is 0. The maximum Gasteiger partial charge on any atom is 0.151 e. The molecule has 0 saturated carbocycles. The predicted octanol–water partition coefficient (Wildman–Crippen LogP) is 1.25. The zero-order valence-electron chi connectivity index (χ0n) is 8.00. The Balaban J connectivity index is 2.80. The van der Waals surface area contributed by atoms with Gasteiger partial charge in [0.25, 0.3) is 0 Å². The van der Waals surface area contributed by atoms with Crippen molar-refractivity contribution in [2.24, 2.45) is 0 Å². The molecule has 1 aromatic heterocycles. The number of aromatic nitrogens is 1. The van der Waals surface area contributed by atoms with Crippen LogP contribution in [0.3, 0.4) is 0 Å². The number of hydrogen-bond donors (Lipinski definition) is 1. The summed E-state index contributed by atoms with van der Waals surface area (Å²) < 4.78 is 0. The van der Waals surface area contributed by atoms with E-state index in [1.165, 1.54) is 18.3 Å². The molecule has 0 bridgehead atoms. The molecule has 0 aliphatic heterocycles. The third-order valence-corrected chi connectivity index (χ3v) is 2.91. The highest BCUT2D eigenvalue weighted by molar-refractivity contribution is 7.11. The molecule has 0 aromatic carbocycles. The Bertz CT molecular complexity index is 298. The third-order valence-electron chi connectivity index (χ3n) is 1.84. The van der Waals surface area contributed by atoms with Crippen molar-refractivity contribution >= 4 is 17.6 Å². The highest BCUT2D eigenvalue weighted by Gasteiger charge is 2.21. The maximum absolute atomic E-state index is 10.4. The van der Waals surface area contributed by atoms with Crippen LogP contribution in [0.2, 0.25) is 0 Å². The van der Waals surface area contributed by atoms with Crippen molar-refractivity contribution in [3.8, 4) is 0 Å². The normalized spacial score (nSPS) is 15.4. The Labute approximate surface area is 81.4 Å². The summed E-state index contributed by atoms with van der Waals surface area (Å²) in [6, 6.07) is 0. The van der Waals surface area contributed by atoms with Gasteiger partial charge in [-0.3, -0.25) is 0 Å². The van der Waals surface area contributed by atoms with Crippen LogP contribution >= 0.6 is 11.3 Å². The van der Waals surface area contributed by atoms with E-state index in [0.29, 0.717) is 12.7 Å². The van der Waals surface area contributed by atoms with Crippen LogP contribution in [0.15, 0.2) is 0 Å². The second kappa shape index (κ2) is 3.55. The molecular weight excluding hydrogens is 186 g/mol. The molecule has 72 valence electrons. The zero-order chi connectivity index (χ0) is 10.1. The molecule has 1 rings (SSSR count). The van der Waals surface area contributed by atoms with E-state index in [0.717, 1.165) is 15.6 Å². The molecule has 0 fully saturated rings. The van der Waals surface area contributed by atoms with E-state index in [4.69, 9.17) is 0 Å². The van der Waals surface area contributed by atoms with Crippen LogP contribution < -0.4 is 0 Å². The van der Waals surface area contributed by atoms with Gasteiger partial charge in [0.1, 0.15) is 5.60 Å². The molecule has 1 atom stereocenters. The number of carbonyl (C=O) groups is 1. The topological polar surface area (TPSA) is 50.2 Å². The minimum Gasteiger partial charge on any atom is -0.382 e. The minimum atomic E-state index is -1.28. The van der Waals surface area contributed by atoms with E-state index in [1.807, 2.05) is 13.8 Å². The quantitative estimate of drug-likeness (QED) is 0.745. The van der Waals surface area contributed by atoms with Crippen molar-refractivity contribution in [3.63, 3.8) is 0 Å². The lowest BCUT2D eigenvalue weighted by atomic mass is 10.1. The fourth-order valence-electron chi connectivity index (χ4n) is 0.963. The first-order valence-electron chi connectivity index (χ1n) is 4.06. The summed E-state index contributed by atoms with van der Waals surface area (Å²) in [4.78, 5) is 15.8. The van der Waals surface area contributed by atoms with Gasteiger partial charge in [-0.1, -0.05) is 0 Å². The lowest BCUT2D eigenvalue weighted by Gasteiger charge is -2.12. The van der Waals surface area contributed by atoms with Crippen molar-refractivity contribution in [1.29, 1.82) is 0 Å². The molecule has 3 nitrogen and oxygen atoms in total. The monoisotopic (exact) mass is 199 g/mol. The Morgan fingerprint density at radius 2 is 2.23 bits per heavy atom. The standard InChI is InChI=1S/C9H13NO2S/c1-6-7(2)13-8(10-6)4-9(3,12)5-11/h5,12H,4H2,1-3H3. The first-order chi connectivity index (χ1) is 5.94. The average molecular weight is 199 g/mol. The molecule has 1 heterocycles. The highest BCUT2D eigenvalue weighted by atomic mass is 32.1. The average Bonchev–Trinajstić information content (AvgIpc) is 2.30. The van der Waals surface area contributed by atoms with Crippen LogP contribution in [0.1, 0.15) is 22.5 Å². The molecule has 0 radical (unpaired) electrons. The van der Waals surface area contributed by atoms with Crippen LogP contribution in [-0.4, -0.2) is 22.0 Å². The lowest BCUT2D eigenvalue weighted by molar-refractivity contribution is -0.122. The summed E-state index contributed by atoms with van der Waals surface area (Å²) >= 11 is 1.53. The molecule has 0 amide bonds. The first-order valence-corrected chi connectivity index (χ1v) is 4.88. The molecule has 13 heavy (non-hydrogen) atoms. The van der Waals surface area contributed by atoms with Gasteiger partial charge < -0.3 is 9.90 Å². The number of hydrogen-bond acceptors (Lipinski definition) is 4. The van der Waals surface area contributed by atoms with Crippen LogP contribution in [0.25, 0.3) is 0 Å². The van der Waals surface area contributed by atoms with Crippen molar-refractivity contribution in [2.75, 3.05) is 0 Å². The van der Waals surface area contributed by atoms with E-state index >= 15 is 0 Å². The molecule has 1 N–H and O–H groups in total.